The molecular weight excluding hydrogens is 262 g/mol. The highest BCUT2D eigenvalue weighted by molar-refractivity contribution is 5.26. The van der Waals surface area contributed by atoms with Gasteiger partial charge in [0.1, 0.15) is 0 Å². The lowest BCUT2D eigenvalue weighted by molar-refractivity contribution is 0.0787. The predicted molar refractivity (Wildman–Crippen MR) is 86.4 cm³/mol. The van der Waals surface area contributed by atoms with E-state index in [-0.39, 0.29) is 0 Å². The summed E-state index contributed by atoms with van der Waals surface area (Å²) in [5.74, 6) is 1.29. The third-order valence-corrected chi connectivity index (χ3v) is 3.88. The zero-order chi connectivity index (χ0) is 14.9. The van der Waals surface area contributed by atoms with Gasteiger partial charge in [0, 0.05) is 12.5 Å². The molecule has 0 radical (unpaired) electrons. The summed E-state index contributed by atoms with van der Waals surface area (Å²) in [5, 5.41) is 3.50. The van der Waals surface area contributed by atoms with Gasteiger partial charge in [0.2, 0.25) is 0 Å². The molecule has 0 aromatic heterocycles. The minimum absolute atomic E-state index is 0.588. The highest BCUT2D eigenvalue weighted by atomic mass is 16.5. The molecule has 1 aromatic rings. The average Bonchev–Trinajstić information content (AvgIpc) is 2.98. The van der Waals surface area contributed by atoms with Crippen LogP contribution >= 0.6 is 0 Å². The Bertz CT molecular complexity index is 400. The van der Waals surface area contributed by atoms with Crippen molar-refractivity contribution in [3.63, 3.8) is 0 Å². The molecule has 1 aliphatic heterocycles. The first-order valence-electron chi connectivity index (χ1n) is 8.18. The molecule has 0 saturated carbocycles. The monoisotopic (exact) mass is 291 g/mol. The summed E-state index contributed by atoms with van der Waals surface area (Å²) >= 11 is 0. The van der Waals surface area contributed by atoms with Crippen LogP contribution in [0.1, 0.15) is 31.4 Å². The molecule has 1 heterocycles. The largest absolute Gasteiger partial charge is 0.381 e. The predicted octanol–water partition coefficient (Wildman–Crippen LogP) is 3.03. The summed E-state index contributed by atoms with van der Waals surface area (Å²) < 4.78 is 11.3. The van der Waals surface area contributed by atoms with E-state index in [2.05, 4.69) is 43.4 Å². The summed E-state index contributed by atoms with van der Waals surface area (Å²) in [7, 11) is 0. The summed E-state index contributed by atoms with van der Waals surface area (Å²) in [5.41, 5.74) is 2.72. The second-order valence-electron chi connectivity index (χ2n) is 6.36. The van der Waals surface area contributed by atoms with Crippen LogP contribution in [0, 0.1) is 11.8 Å². The Labute approximate surface area is 129 Å². The van der Waals surface area contributed by atoms with Gasteiger partial charge in [-0.05, 0) is 43.0 Å². The first kappa shape index (κ1) is 16.5. The Morgan fingerprint density at radius 3 is 2.81 bits per heavy atom. The van der Waals surface area contributed by atoms with Gasteiger partial charge < -0.3 is 14.8 Å². The molecule has 1 aromatic carbocycles. The highest BCUT2D eigenvalue weighted by Crippen LogP contribution is 2.15. The van der Waals surface area contributed by atoms with E-state index in [0.29, 0.717) is 11.8 Å². The molecule has 1 atom stereocenters. The molecule has 2 rings (SSSR count). The molecule has 0 spiro atoms. The van der Waals surface area contributed by atoms with Crippen molar-refractivity contribution in [2.45, 2.75) is 33.3 Å². The molecule has 0 amide bonds. The van der Waals surface area contributed by atoms with Gasteiger partial charge in [0.25, 0.3) is 0 Å². The maximum atomic E-state index is 5.89. The summed E-state index contributed by atoms with van der Waals surface area (Å²) in [6.45, 7) is 9.89. The quantitative estimate of drug-likeness (QED) is 0.709. The van der Waals surface area contributed by atoms with Crippen LogP contribution in [0.3, 0.4) is 0 Å². The lowest BCUT2D eigenvalue weighted by Gasteiger charge is -2.13. The molecule has 21 heavy (non-hydrogen) atoms. The molecule has 0 bridgehead atoms. The van der Waals surface area contributed by atoms with Crippen molar-refractivity contribution < 1.29 is 9.47 Å². The van der Waals surface area contributed by atoms with E-state index in [4.69, 9.17) is 9.47 Å². The number of rotatable bonds is 9. The molecule has 3 nitrogen and oxygen atoms in total. The van der Waals surface area contributed by atoms with Crippen molar-refractivity contribution in [3.05, 3.63) is 35.4 Å². The Morgan fingerprint density at radius 2 is 2.10 bits per heavy atom. The van der Waals surface area contributed by atoms with E-state index in [1.807, 2.05) is 0 Å². The molecule has 118 valence electrons. The molecular formula is C18H29NO2. The van der Waals surface area contributed by atoms with E-state index in [9.17, 15) is 0 Å². The first-order valence-corrected chi connectivity index (χ1v) is 8.18. The summed E-state index contributed by atoms with van der Waals surface area (Å²) in [4.78, 5) is 0. The van der Waals surface area contributed by atoms with Gasteiger partial charge in [-0.2, -0.15) is 0 Å². The minimum Gasteiger partial charge on any atom is -0.381 e. The SMILES string of the molecule is CC(C)CNCCc1ccccc1COCC1CCOC1. The zero-order valence-electron chi connectivity index (χ0n) is 13.4. The van der Waals surface area contributed by atoms with Crippen molar-refractivity contribution in [3.8, 4) is 0 Å². The number of hydrogen-bond donors (Lipinski definition) is 1. The molecule has 1 unspecified atom stereocenters. The van der Waals surface area contributed by atoms with Crippen LogP contribution in [0.25, 0.3) is 0 Å². The maximum absolute atomic E-state index is 5.89. The lowest BCUT2D eigenvalue weighted by atomic mass is 10.0. The number of nitrogens with one attached hydrogen (secondary N) is 1. The van der Waals surface area contributed by atoms with Gasteiger partial charge in [-0.15, -0.1) is 0 Å². The molecule has 0 aliphatic carbocycles. The van der Waals surface area contributed by atoms with Gasteiger partial charge in [-0.25, -0.2) is 0 Å². The van der Waals surface area contributed by atoms with E-state index >= 15 is 0 Å². The fourth-order valence-electron chi connectivity index (χ4n) is 2.61. The lowest BCUT2D eigenvalue weighted by Crippen LogP contribution is -2.22. The number of hydrogen-bond acceptors (Lipinski definition) is 3. The topological polar surface area (TPSA) is 30.5 Å². The van der Waals surface area contributed by atoms with Crippen LogP contribution in [0.15, 0.2) is 24.3 Å². The Balaban J connectivity index is 1.73. The second kappa shape index (κ2) is 9.19. The van der Waals surface area contributed by atoms with Crippen molar-refractivity contribution in [2.75, 3.05) is 32.9 Å². The summed E-state index contributed by atoms with van der Waals surface area (Å²) in [6.07, 6.45) is 2.21. The van der Waals surface area contributed by atoms with Gasteiger partial charge in [0.15, 0.2) is 0 Å². The molecule has 1 N–H and O–H groups in total. The normalized spacial score (nSPS) is 18.5. The van der Waals surface area contributed by atoms with Gasteiger partial charge in [0.05, 0.1) is 19.8 Å². The van der Waals surface area contributed by atoms with E-state index in [1.54, 1.807) is 0 Å². The van der Waals surface area contributed by atoms with Crippen LogP contribution in [0.2, 0.25) is 0 Å². The third kappa shape index (κ3) is 6.16. The van der Waals surface area contributed by atoms with Crippen molar-refractivity contribution >= 4 is 0 Å². The van der Waals surface area contributed by atoms with E-state index in [1.165, 1.54) is 11.1 Å². The second-order valence-corrected chi connectivity index (χ2v) is 6.36. The Morgan fingerprint density at radius 1 is 1.29 bits per heavy atom. The zero-order valence-corrected chi connectivity index (χ0v) is 13.4. The average molecular weight is 291 g/mol. The van der Waals surface area contributed by atoms with Crippen LogP contribution < -0.4 is 5.32 Å². The number of ether oxygens (including phenoxy) is 2. The van der Waals surface area contributed by atoms with Crippen LogP contribution in [-0.4, -0.2) is 32.9 Å². The van der Waals surface area contributed by atoms with E-state index < -0.39 is 0 Å². The van der Waals surface area contributed by atoms with Crippen LogP contribution in [-0.2, 0) is 22.5 Å². The summed E-state index contributed by atoms with van der Waals surface area (Å²) in [6, 6.07) is 8.62. The van der Waals surface area contributed by atoms with Crippen LogP contribution in [0.5, 0.6) is 0 Å². The number of benzene rings is 1. The van der Waals surface area contributed by atoms with Gasteiger partial charge >= 0.3 is 0 Å². The standard InChI is InChI=1S/C18H29NO2/c1-15(2)11-19-9-7-17-5-3-4-6-18(17)14-21-13-16-8-10-20-12-16/h3-6,15-16,19H,7-14H2,1-2H3. The smallest absolute Gasteiger partial charge is 0.0719 e. The van der Waals surface area contributed by atoms with Crippen LogP contribution in [0.4, 0.5) is 0 Å². The van der Waals surface area contributed by atoms with Gasteiger partial charge in [-0.1, -0.05) is 38.1 Å². The highest BCUT2D eigenvalue weighted by Gasteiger charge is 2.15. The van der Waals surface area contributed by atoms with Gasteiger partial charge in [-0.3, -0.25) is 0 Å². The molecule has 1 saturated heterocycles. The molecule has 1 fully saturated rings. The Hall–Kier alpha value is -0.900. The molecule has 1 aliphatic rings. The Kier molecular flexibility index (Phi) is 7.20. The fraction of sp³-hybridized carbons (Fsp3) is 0.667. The third-order valence-electron chi connectivity index (χ3n) is 3.88. The molecule has 3 heteroatoms. The van der Waals surface area contributed by atoms with Crippen molar-refractivity contribution in [2.24, 2.45) is 11.8 Å². The van der Waals surface area contributed by atoms with E-state index in [0.717, 1.165) is 52.4 Å². The van der Waals surface area contributed by atoms with Crippen molar-refractivity contribution in [1.29, 1.82) is 0 Å². The fourth-order valence-corrected chi connectivity index (χ4v) is 2.61. The van der Waals surface area contributed by atoms with Crippen molar-refractivity contribution in [1.82, 2.24) is 5.32 Å². The first-order chi connectivity index (χ1) is 10.3. The minimum atomic E-state index is 0.588. The maximum Gasteiger partial charge on any atom is 0.0719 e.